The van der Waals surface area contributed by atoms with E-state index in [9.17, 15) is 4.79 Å². The Balaban J connectivity index is 1.54. The van der Waals surface area contributed by atoms with Crippen LogP contribution >= 0.6 is 11.6 Å². The third kappa shape index (κ3) is 3.30. The van der Waals surface area contributed by atoms with Gasteiger partial charge in [-0.05, 0) is 23.1 Å². The van der Waals surface area contributed by atoms with Crippen LogP contribution in [0.2, 0.25) is 5.02 Å². The minimum Gasteiger partial charge on any atom is -0.489 e. The maximum atomic E-state index is 12.6. The van der Waals surface area contributed by atoms with Gasteiger partial charge in [-0.25, -0.2) is 0 Å². The second-order valence-corrected chi connectivity index (χ2v) is 6.45. The molecule has 5 nitrogen and oxygen atoms in total. The number of amides is 1. The topological polar surface area (TPSA) is 60.5 Å². The van der Waals surface area contributed by atoms with Crippen LogP contribution < -0.4 is 14.8 Å². The second kappa shape index (κ2) is 7.22. The molecular weight excluding hydrogens is 352 g/mol. The zero-order valence-electron chi connectivity index (χ0n) is 14.0. The predicted molar refractivity (Wildman–Crippen MR) is 100.0 cm³/mol. The van der Waals surface area contributed by atoms with E-state index in [4.69, 9.17) is 21.1 Å². The van der Waals surface area contributed by atoms with E-state index in [1.165, 1.54) is 0 Å². The number of hydrogen-bond acceptors (Lipinski definition) is 4. The molecule has 6 heteroatoms. The third-order valence-electron chi connectivity index (χ3n) is 4.23. The molecule has 3 aromatic rings. The van der Waals surface area contributed by atoms with E-state index >= 15 is 0 Å². The van der Waals surface area contributed by atoms with Gasteiger partial charge in [0.1, 0.15) is 0 Å². The van der Waals surface area contributed by atoms with Crippen molar-refractivity contribution in [3.05, 3.63) is 64.9 Å². The van der Waals surface area contributed by atoms with Gasteiger partial charge in [-0.2, -0.15) is 0 Å². The smallest absolute Gasteiger partial charge is 0.253 e. The summed E-state index contributed by atoms with van der Waals surface area (Å²) in [5.41, 5.74) is 1.39. The molecule has 4 rings (SSSR count). The van der Waals surface area contributed by atoms with E-state index in [1.807, 2.05) is 30.3 Å². The maximum absolute atomic E-state index is 12.6. The van der Waals surface area contributed by atoms with Gasteiger partial charge >= 0.3 is 0 Å². The van der Waals surface area contributed by atoms with Crippen molar-refractivity contribution in [1.29, 1.82) is 0 Å². The van der Waals surface area contributed by atoms with E-state index in [0.717, 1.165) is 22.8 Å². The first-order valence-electron chi connectivity index (χ1n) is 8.41. The lowest BCUT2D eigenvalue weighted by Gasteiger charge is -2.12. The highest BCUT2D eigenvalue weighted by molar-refractivity contribution is 6.32. The molecule has 0 spiro atoms. The number of carbonyl (C=O) groups is 1. The molecule has 132 valence electrons. The van der Waals surface area contributed by atoms with Gasteiger partial charge in [0.05, 0.1) is 23.8 Å². The van der Waals surface area contributed by atoms with Crippen LogP contribution in [0.1, 0.15) is 22.3 Å². The summed E-state index contributed by atoms with van der Waals surface area (Å²) in [6.45, 7) is 1.50. The molecule has 1 aliphatic rings. The van der Waals surface area contributed by atoms with Crippen molar-refractivity contribution in [2.75, 3.05) is 13.2 Å². The van der Waals surface area contributed by atoms with Gasteiger partial charge in [-0.1, -0.05) is 35.9 Å². The number of ether oxygens (including phenoxy) is 2. The van der Waals surface area contributed by atoms with Crippen LogP contribution in [0, 0.1) is 0 Å². The first-order valence-corrected chi connectivity index (χ1v) is 8.79. The quantitative estimate of drug-likeness (QED) is 0.759. The molecule has 0 saturated carbocycles. The molecule has 0 saturated heterocycles. The number of carbonyl (C=O) groups excluding carboxylic acids is 1. The summed E-state index contributed by atoms with van der Waals surface area (Å²) in [5, 5.41) is 5.21. The number of pyridine rings is 1. The molecule has 0 radical (unpaired) electrons. The molecule has 0 fully saturated rings. The molecule has 1 amide bonds. The Morgan fingerprint density at radius 3 is 2.92 bits per heavy atom. The molecular formula is C20H17ClN2O3. The van der Waals surface area contributed by atoms with Gasteiger partial charge in [0.25, 0.3) is 5.91 Å². The molecule has 1 aliphatic heterocycles. The van der Waals surface area contributed by atoms with Gasteiger partial charge in [-0.15, -0.1) is 0 Å². The van der Waals surface area contributed by atoms with Crippen molar-refractivity contribution in [3.8, 4) is 11.5 Å². The van der Waals surface area contributed by atoms with Crippen molar-refractivity contribution >= 4 is 28.3 Å². The van der Waals surface area contributed by atoms with Crippen molar-refractivity contribution in [2.45, 2.75) is 13.0 Å². The van der Waals surface area contributed by atoms with Gasteiger partial charge in [-0.3, -0.25) is 9.78 Å². The Kier molecular flexibility index (Phi) is 4.63. The molecule has 1 N–H and O–H groups in total. The second-order valence-electron chi connectivity index (χ2n) is 6.05. The summed E-state index contributed by atoms with van der Waals surface area (Å²) >= 11 is 6.30. The van der Waals surface area contributed by atoms with E-state index < -0.39 is 0 Å². The van der Waals surface area contributed by atoms with Gasteiger partial charge in [0.15, 0.2) is 11.5 Å². The van der Waals surface area contributed by atoms with Crippen LogP contribution in [0.15, 0.2) is 48.8 Å². The van der Waals surface area contributed by atoms with Gasteiger partial charge in [0, 0.05) is 30.7 Å². The molecule has 2 aromatic carbocycles. The Bertz CT molecular complexity index is 969. The highest BCUT2D eigenvalue weighted by atomic mass is 35.5. The van der Waals surface area contributed by atoms with Crippen LogP contribution in [0.25, 0.3) is 10.8 Å². The molecule has 0 aliphatic carbocycles. The standard InChI is InChI=1S/C20H17ClN2O3/c21-17-8-13(9-18-19(17)26-7-3-6-25-18)10-23-20(24)16-12-22-11-14-4-1-2-5-15(14)16/h1-2,4-5,8-9,11-12H,3,6-7,10H2,(H,23,24). The van der Waals surface area contributed by atoms with Gasteiger partial charge in [0.2, 0.25) is 0 Å². The normalized spacial score (nSPS) is 13.3. The molecule has 0 unspecified atom stereocenters. The highest BCUT2D eigenvalue weighted by Gasteiger charge is 2.16. The average Bonchev–Trinajstić information content (AvgIpc) is 2.91. The van der Waals surface area contributed by atoms with E-state index in [-0.39, 0.29) is 5.91 Å². The first kappa shape index (κ1) is 16.7. The van der Waals surface area contributed by atoms with Crippen molar-refractivity contribution in [2.24, 2.45) is 0 Å². The summed E-state index contributed by atoms with van der Waals surface area (Å²) in [5.74, 6) is 1.00. The van der Waals surface area contributed by atoms with Crippen LogP contribution in [0.5, 0.6) is 11.5 Å². The lowest BCUT2D eigenvalue weighted by Crippen LogP contribution is -2.23. The fourth-order valence-corrected chi connectivity index (χ4v) is 3.25. The summed E-state index contributed by atoms with van der Waals surface area (Å²) in [6, 6.07) is 11.3. The minimum absolute atomic E-state index is 0.183. The molecule has 0 bridgehead atoms. The van der Waals surface area contributed by atoms with E-state index in [2.05, 4.69) is 10.3 Å². The monoisotopic (exact) mass is 368 g/mol. The Morgan fingerprint density at radius 2 is 2.00 bits per heavy atom. The van der Waals surface area contributed by atoms with E-state index in [0.29, 0.717) is 41.8 Å². The third-order valence-corrected chi connectivity index (χ3v) is 4.51. The molecule has 1 aromatic heterocycles. The lowest BCUT2D eigenvalue weighted by molar-refractivity contribution is 0.0952. The highest BCUT2D eigenvalue weighted by Crippen LogP contribution is 2.38. The van der Waals surface area contributed by atoms with E-state index in [1.54, 1.807) is 18.5 Å². The number of benzene rings is 2. The Morgan fingerprint density at radius 1 is 1.15 bits per heavy atom. The maximum Gasteiger partial charge on any atom is 0.253 e. The number of fused-ring (bicyclic) bond motifs is 2. The van der Waals surface area contributed by atoms with Crippen LogP contribution in [-0.2, 0) is 6.54 Å². The van der Waals surface area contributed by atoms with Crippen molar-refractivity contribution in [1.82, 2.24) is 10.3 Å². The number of nitrogens with zero attached hydrogens (tertiary/aromatic N) is 1. The Hall–Kier alpha value is -2.79. The first-order chi connectivity index (χ1) is 12.7. The number of hydrogen-bond donors (Lipinski definition) is 1. The molecule has 26 heavy (non-hydrogen) atoms. The minimum atomic E-state index is -0.183. The summed E-state index contributed by atoms with van der Waals surface area (Å²) < 4.78 is 11.3. The summed E-state index contributed by atoms with van der Waals surface area (Å²) in [6.07, 6.45) is 4.14. The lowest BCUT2D eigenvalue weighted by atomic mass is 10.1. The number of nitrogens with one attached hydrogen (secondary N) is 1. The predicted octanol–water partition coefficient (Wildman–Crippen LogP) is 3.98. The largest absolute Gasteiger partial charge is 0.489 e. The van der Waals surface area contributed by atoms with Crippen LogP contribution in [-0.4, -0.2) is 24.1 Å². The molecule has 2 heterocycles. The fourth-order valence-electron chi connectivity index (χ4n) is 2.96. The van der Waals surface area contributed by atoms with Crippen molar-refractivity contribution < 1.29 is 14.3 Å². The van der Waals surface area contributed by atoms with Crippen LogP contribution in [0.3, 0.4) is 0 Å². The molecule has 0 atom stereocenters. The van der Waals surface area contributed by atoms with Gasteiger partial charge < -0.3 is 14.8 Å². The summed E-state index contributed by atoms with van der Waals surface area (Å²) in [7, 11) is 0. The Labute approximate surface area is 155 Å². The zero-order chi connectivity index (χ0) is 17.9. The van der Waals surface area contributed by atoms with Crippen LogP contribution in [0.4, 0.5) is 0 Å². The fraction of sp³-hybridized carbons (Fsp3) is 0.200. The van der Waals surface area contributed by atoms with Crippen molar-refractivity contribution in [3.63, 3.8) is 0 Å². The SMILES string of the molecule is O=C(NCc1cc(Cl)c2c(c1)OCCCO2)c1cncc2ccccc12. The number of halogens is 1. The number of rotatable bonds is 3. The number of aromatic nitrogens is 1. The summed E-state index contributed by atoms with van der Waals surface area (Å²) in [4.78, 5) is 16.8. The average molecular weight is 369 g/mol. The zero-order valence-corrected chi connectivity index (χ0v) is 14.8.